The Hall–Kier alpha value is -3.48. The first-order valence-electron chi connectivity index (χ1n) is 9.16. The van der Waals surface area contributed by atoms with Crippen LogP contribution in [-0.4, -0.2) is 28.1 Å². The molecule has 7 nitrogen and oxygen atoms in total. The molecule has 0 aliphatic carbocycles. The summed E-state index contributed by atoms with van der Waals surface area (Å²) in [5.74, 6) is -0.487. The van der Waals surface area contributed by atoms with Gasteiger partial charge in [0.1, 0.15) is 6.54 Å². The van der Waals surface area contributed by atoms with Crippen molar-refractivity contribution in [3.8, 4) is 0 Å². The van der Waals surface area contributed by atoms with Gasteiger partial charge in [0.05, 0.1) is 16.8 Å². The Bertz CT molecular complexity index is 1150. The number of hydrogen-bond acceptors (Lipinski definition) is 4. The molecule has 2 amide bonds. The topological polar surface area (TPSA) is 84.3 Å². The summed E-state index contributed by atoms with van der Waals surface area (Å²) in [4.78, 5) is 39.7. The molecule has 1 aromatic heterocycles. The number of aromatic nitrogens is 2. The number of carbonyl (C=O) groups excluding carboxylic acids is 2. The second-order valence-corrected chi connectivity index (χ2v) is 7.23. The van der Waals surface area contributed by atoms with E-state index in [9.17, 15) is 14.4 Å². The number of anilines is 2. The first-order valence-corrected chi connectivity index (χ1v) is 9.16. The Balaban J connectivity index is 1.89. The van der Waals surface area contributed by atoms with E-state index in [4.69, 9.17) is 0 Å². The number of amides is 2. The van der Waals surface area contributed by atoms with Crippen molar-refractivity contribution < 1.29 is 9.59 Å². The smallest absolute Gasteiger partial charge is 0.279 e. The molecule has 2 aromatic carbocycles. The molecule has 0 spiro atoms. The van der Waals surface area contributed by atoms with Crippen molar-refractivity contribution in [1.82, 2.24) is 9.78 Å². The van der Waals surface area contributed by atoms with Crippen LogP contribution in [0.15, 0.2) is 53.3 Å². The molecule has 7 heteroatoms. The maximum atomic E-state index is 13.4. The molecular weight excluding hydrogens is 356 g/mol. The largest absolute Gasteiger partial charge is 0.323 e. The number of carbonyl (C=O) groups is 2. The minimum Gasteiger partial charge on any atom is -0.323 e. The summed E-state index contributed by atoms with van der Waals surface area (Å²) in [5, 5.41) is 8.09. The number of rotatable bonds is 3. The van der Waals surface area contributed by atoms with Gasteiger partial charge in [-0.1, -0.05) is 44.2 Å². The van der Waals surface area contributed by atoms with Gasteiger partial charge in [-0.25, -0.2) is 4.68 Å². The summed E-state index contributed by atoms with van der Waals surface area (Å²) < 4.78 is 1.34. The fourth-order valence-electron chi connectivity index (χ4n) is 3.40. The van der Waals surface area contributed by atoms with E-state index in [2.05, 4.69) is 10.4 Å². The maximum Gasteiger partial charge on any atom is 0.279 e. The monoisotopic (exact) mass is 376 g/mol. The molecule has 1 N–H and O–H groups in total. The molecule has 0 unspecified atom stereocenters. The lowest BCUT2D eigenvalue weighted by Gasteiger charge is -2.29. The van der Waals surface area contributed by atoms with Gasteiger partial charge in [0, 0.05) is 11.9 Å². The van der Waals surface area contributed by atoms with Gasteiger partial charge in [0.25, 0.3) is 11.5 Å². The number of hydrogen-bond donors (Lipinski definition) is 1. The quantitative estimate of drug-likeness (QED) is 0.762. The molecule has 4 rings (SSSR count). The Morgan fingerprint density at radius 3 is 2.50 bits per heavy atom. The van der Waals surface area contributed by atoms with E-state index in [1.54, 1.807) is 42.5 Å². The van der Waals surface area contributed by atoms with Crippen LogP contribution in [0.4, 0.5) is 11.4 Å². The van der Waals surface area contributed by atoms with Gasteiger partial charge in [-0.05, 0) is 24.1 Å². The third-order valence-electron chi connectivity index (χ3n) is 4.62. The SMILES string of the molecule is CC(C)Cn1nc(C(=O)N2CC(=O)Nc3ccccc32)c2ccccc2c1=O. The first-order chi connectivity index (χ1) is 13.5. The summed E-state index contributed by atoms with van der Waals surface area (Å²) in [6.45, 7) is 4.27. The molecule has 28 heavy (non-hydrogen) atoms. The Labute approximate surface area is 161 Å². The molecule has 0 atom stereocenters. The lowest BCUT2D eigenvalue weighted by atomic mass is 10.1. The van der Waals surface area contributed by atoms with E-state index >= 15 is 0 Å². The van der Waals surface area contributed by atoms with Crippen LogP contribution >= 0.6 is 0 Å². The van der Waals surface area contributed by atoms with Crippen LogP contribution in [0.5, 0.6) is 0 Å². The number of nitrogens with zero attached hydrogens (tertiary/aromatic N) is 3. The van der Waals surface area contributed by atoms with Gasteiger partial charge in [-0.15, -0.1) is 0 Å². The first kappa shape index (κ1) is 17.9. The summed E-state index contributed by atoms with van der Waals surface area (Å²) in [6, 6.07) is 14.1. The van der Waals surface area contributed by atoms with Gasteiger partial charge in [-0.3, -0.25) is 19.3 Å². The van der Waals surface area contributed by atoms with E-state index < -0.39 is 5.91 Å². The summed E-state index contributed by atoms with van der Waals surface area (Å²) >= 11 is 0. The van der Waals surface area contributed by atoms with Crippen molar-refractivity contribution in [2.75, 3.05) is 16.8 Å². The molecule has 3 aromatic rings. The standard InChI is InChI=1S/C21H20N4O3/c1-13(2)11-25-20(27)15-8-4-3-7-14(15)19(23-25)21(28)24-12-18(26)22-16-9-5-6-10-17(16)24/h3-10,13H,11-12H2,1-2H3,(H,22,26). The molecule has 1 aliphatic heterocycles. The average Bonchev–Trinajstić information content (AvgIpc) is 2.68. The van der Waals surface area contributed by atoms with E-state index in [-0.39, 0.29) is 29.6 Å². The van der Waals surface area contributed by atoms with Crippen LogP contribution in [0.2, 0.25) is 0 Å². The van der Waals surface area contributed by atoms with Crippen molar-refractivity contribution in [3.05, 3.63) is 64.6 Å². The second-order valence-electron chi connectivity index (χ2n) is 7.23. The molecular formula is C21H20N4O3. The van der Waals surface area contributed by atoms with Crippen molar-refractivity contribution >= 4 is 34.0 Å². The van der Waals surface area contributed by atoms with Crippen molar-refractivity contribution in [2.45, 2.75) is 20.4 Å². The maximum absolute atomic E-state index is 13.4. The summed E-state index contributed by atoms with van der Waals surface area (Å²) in [7, 11) is 0. The average molecular weight is 376 g/mol. The highest BCUT2D eigenvalue weighted by atomic mass is 16.2. The number of benzene rings is 2. The predicted octanol–water partition coefficient (Wildman–Crippen LogP) is 2.65. The zero-order chi connectivity index (χ0) is 19.8. The number of nitrogens with one attached hydrogen (secondary N) is 1. The van der Waals surface area contributed by atoms with Crippen LogP contribution in [0.1, 0.15) is 24.3 Å². The van der Waals surface area contributed by atoms with Crippen LogP contribution in [0.3, 0.4) is 0 Å². The van der Waals surface area contributed by atoms with Crippen LogP contribution in [0, 0.1) is 5.92 Å². The van der Waals surface area contributed by atoms with Crippen LogP contribution < -0.4 is 15.8 Å². The lowest BCUT2D eigenvalue weighted by molar-refractivity contribution is -0.115. The molecule has 2 heterocycles. The van der Waals surface area contributed by atoms with Gasteiger partial charge in [-0.2, -0.15) is 5.10 Å². The second kappa shape index (κ2) is 6.92. The minimum atomic E-state index is -0.406. The fraction of sp³-hybridized carbons (Fsp3) is 0.238. The summed E-state index contributed by atoms with van der Waals surface area (Å²) in [5.41, 5.74) is 1.13. The van der Waals surface area contributed by atoms with Crippen molar-refractivity contribution in [2.24, 2.45) is 5.92 Å². The predicted molar refractivity (Wildman–Crippen MR) is 108 cm³/mol. The zero-order valence-electron chi connectivity index (χ0n) is 15.7. The van der Waals surface area contributed by atoms with Crippen molar-refractivity contribution in [1.29, 1.82) is 0 Å². The fourth-order valence-corrected chi connectivity index (χ4v) is 3.40. The number of fused-ring (bicyclic) bond motifs is 2. The molecule has 0 bridgehead atoms. The normalized spacial score (nSPS) is 13.5. The highest BCUT2D eigenvalue weighted by Gasteiger charge is 2.30. The van der Waals surface area contributed by atoms with E-state index in [0.717, 1.165) is 0 Å². The highest BCUT2D eigenvalue weighted by molar-refractivity contribution is 6.18. The van der Waals surface area contributed by atoms with Gasteiger partial charge in [0.2, 0.25) is 5.91 Å². The highest BCUT2D eigenvalue weighted by Crippen LogP contribution is 2.30. The van der Waals surface area contributed by atoms with Gasteiger partial charge >= 0.3 is 0 Å². The van der Waals surface area contributed by atoms with Crippen LogP contribution in [-0.2, 0) is 11.3 Å². The summed E-state index contributed by atoms with van der Waals surface area (Å²) in [6.07, 6.45) is 0. The Kier molecular flexibility index (Phi) is 4.43. The van der Waals surface area contributed by atoms with E-state index in [0.29, 0.717) is 28.7 Å². The van der Waals surface area contributed by atoms with E-state index in [1.807, 2.05) is 19.9 Å². The molecule has 142 valence electrons. The third kappa shape index (κ3) is 3.05. The molecule has 0 saturated carbocycles. The van der Waals surface area contributed by atoms with Crippen LogP contribution in [0.25, 0.3) is 10.8 Å². The van der Waals surface area contributed by atoms with Gasteiger partial charge in [0.15, 0.2) is 5.69 Å². The Morgan fingerprint density at radius 1 is 1.07 bits per heavy atom. The molecule has 0 saturated heterocycles. The molecule has 0 fully saturated rings. The molecule has 1 aliphatic rings. The van der Waals surface area contributed by atoms with Gasteiger partial charge < -0.3 is 5.32 Å². The zero-order valence-corrected chi connectivity index (χ0v) is 15.7. The Morgan fingerprint density at radius 2 is 1.75 bits per heavy atom. The number of para-hydroxylation sites is 2. The lowest BCUT2D eigenvalue weighted by Crippen LogP contribution is -2.43. The minimum absolute atomic E-state index is 0.102. The third-order valence-corrected chi connectivity index (χ3v) is 4.62. The van der Waals surface area contributed by atoms with Crippen molar-refractivity contribution in [3.63, 3.8) is 0 Å². The molecule has 0 radical (unpaired) electrons. The van der Waals surface area contributed by atoms with E-state index in [1.165, 1.54) is 9.58 Å².